The third-order valence-electron chi connectivity index (χ3n) is 3.32. The molecule has 0 saturated heterocycles. The zero-order chi connectivity index (χ0) is 18.0. The Morgan fingerprint density at radius 1 is 1.16 bits per heavy atom. The van der Waals surface area contributed by atoms with Gasteiger partial charge in [0.2, 0.25) is 0 Å². The highest BCUT2D eigenvalue weighted by molar-refractivity contribution is 9.10. The Balaban J connectivity index is 2.01. The third kappa shape index (κ3) is 3.87. The number of halogens is 4. The van der Waals surface area contributed by atoms with E-state index in [1.165, 1.54) is 23.4 Å². The molecule has 0 saturated carbocycles. The Morgan fingerprint density at radius 2 is 1.96 bits per heavy atom. The van der Waals surface area contributed by atoms with E-state index in [1.807, 2.05) is 0 Å². The van der Waals surface area contributed by atoms with Crippen molar-refractivity contribution in [1.82, 2.24) is 14.8 Å². The molecule has 0 aliphatic carbocycles. The normalized spacial score (nSPS) is 11.4. The van der Waals surface area contributed by atoms with Gasteiger partial charge in [0.25, 0.3) is 5.91 Å². The maximum absolute atomic E-state index is 13.0. The zero-order valence-corrected chi connectivity index (χ0v) is 14.0. The van der Waals surface area contributed by atoms with Crippen molar-refractivity contribution in [2.75, 3.05) is 5.32 Å². The van der Waals surface area contributed by atoms with Crippen LogP contribution in [0, 0.1) is 0 Å². The lowest BCUT2D eigenvalue weighted by atomic mass is 10.1. The average Bonchev–Trinajstić information content (AvgIpc) is 3.08. The molecule has 9 heteroatoms. The van der Waals surface area contributed by atoms with Crippen LogP contribution in [0.4, 0.5) is 18.9 Å². The number of alkyl halides is 3. The maximum Gasteiger partial charge on any atom is 0.416 e. The second-order valence-electron chi connectivity index (χ2n) is 5.03. The van der Waals surface area contributed by atoms with E-state index in [4.69, 9.17) is 0 Å². The average molecular weight is 411 g/mol. The van der Waals surface area contributed by atoms with Gasteiger partial charge in [0.05, 0.1) is 16.9 Å². The molecule has 25 heavy (non-hydrogen) atoms. The molecule has 3 rings (SSSR count). The molecule has 128 valence electrons. The standard InChI is InChI=1S/C16H10BrF3N4O/c17-12-3-1-2-10(6-12)15(25)23-13-7-11(16(18,19)20)4-5-14(13)24-9-21-8-22-24/h1-9H,(H,23,25). The van der Waals surface area contributed by atoms with Crippen molar-refractivity contribution in [3.05, 3.63) is 70.7 Å². The van der Waals surface area contributed by atoms with Crippen LogP contribution >= 0.6 is 15.9 Å². The summed E-state index contributed by atoms with van der Waals surface area (Å²) in [5, 5.41) is 6.41. The van der Waals surface area contributed by atoms with E-state index in [9.17, 15) is 18.0 Å². The van der Waals surface area contributed by atoms with Crippen molar-refractivity contribution < 1.29 is 18.0 Å². The molecule has 1 heterocycles. The fraction of sp³-hybridized carbons (Fsp3) is 0.0625. The molecule has 1 aromatic heterocycles. The number of nitrogens with one attached hydrogen (secondary N) is 1. The number of aromatic nitrogens is 3. The maximum atomic E-state index is 13.0. The SMILES string of the molecule is O=C(Nc1cc(C(F)(F)F)ccc1-n1cncn1)c1cccc(Br)c1. The van der Waals surface area contributed by atoms with Crippen LogP contribution in [0.1, 0.15) is 15.9 Å². The summed E-state index contributed by atoms with van der Waals surface area (Å²) in [6.07, 6.45) is -1.95. The van der Waals surface area contributed by atoms with Gasteiger partial charge in [-0.1, -0.05) is 22.0 Å². The predicted octanol–water partition coefficient (Wildman–Crippen LogP) is 4.30. The summed E-state index contributed by atoms with van der Waals surface area (Å²) in [4.78, 5) is 16.2. The first kappa shape index (κ1) is 17.2. The number of nitrogens with zero attached hydrogens (tertiary/aromatic N) is 3. The van der Waals surface area contributed by atoms with Crippen molar-refractivity contribution in [2.24, 2.45) is 0 Å². The number of hydrogen-bond acceptors (Lipinski definition) is 3. The number of carbonyl (C=O) groups excluding carboxylic acids is 1. The molecule has 0 aliphatic rings. The fourth-order valence-electron chi connectivity index (χ4n) is 2.17. The molecule has 0 bridgehead atoms. The first-order valence-corrected chi connectivity index (χ1v) is 7.77. The molecule has 5 nitrogen and oxygen atoms in total. The van der Waals surface area contributed by atoms with Crippen LogP contribution in [0.25, 0.3) is 5.69 Å². The van der Waals surface area contributed by atoms with Gasteiger partial charge in [0, 0.05) is 10.0 Å². The van der Waals surface area contributed by atoms with Gasteiger partial charge in [-0.2, -0.15) is 18.3 Å². The van der Waals surface area contributed by atoms with Gasteiger partial charge in [0.1, 0.15) is 12.7 Å². The predicted molar refractivity (Wildman–Crippen MR) is 88.5 cm³/mol. The molecule has 0 atom stereocenters. The van der Waals surface area contributed by atoms with Crippen molar-refractivity contribution in [2.45, 2.75) is 6.18 Å². The first-order chi connectivity index (χ1) is 11.8. The van der Waals surface area contributed by atoms with Crippen LogP contribution in [0.15, 0.2) is 59.6 Å². The number of benzene rings is 2. The molecule has 1 amide bonds. The second kappa shape index (κ2) is 6.67. The van der Waals surface area contributed by atoms with E-state index in [1.54, 1.807) is 24.3 Å². The molecule has 0 aliphatic heterocycles. The van der Waals surface area contributed by atoms with Crippen LogP contribution in [0.3, 0.4) is 0 Å². The molecule has 0 spiro atoms. The van der Waals surface area contributed by atoms with Crippen molar-refractivity contribution in [3.8, 4) is 5.69 Å². The van der Waals surface area contributed by atoms with Crippen LogP contribution < -0.4 is 5.32 Å². The molecule has 0 unspecified atom stereocenters. The summed E-state index contributed by atoms with van der Waals surface area (Å²) < 4.78 is 41.0. The van der Waals surface area contributed by atoms with Crippen LogP contribution in [0.5, 0.6) is 0 Å². The number of carbonyl (C=O) groups is 1. The van der Waals surface area contributed by atoms with Crippen LogP contribution in [0.2, 0.25) is 0 Å². The van der Waals surface area contributed by atoms with Gasteiger partial charge in [-0.3, -0.25) is 4.79 Å². The number of rotatable bonds is 3. The lowest BCUT2D eigenvalue weighted by Gasteiger charge is -2.14. The Morgan fingerprint density at radius 3 is 2.60 bits per heavy atom. The highest BCUT2D eigenvalue weighted by Gasteiger charge is 2.31. The lowest BCUT2D eigenvalue weighted by Crippen LogP contribution is -2.15. The van der Waals surface area contributed by atoms with E-state index >= 15 is 0 Å². The van der Waals surface area contributed by atoms with E-state index in [-0.39, 0.29) is 11.4 Å². The summed E-state index contributed by atoms with van der Waals surface area (Å²) in [5.41, 5.74) is -0.323. The molecule has 3 aromatic rings. The largest absolute Gasteiger partial charge is 0.416 e. The minimum Gasteiger partial charge on any atom is -0.320 e. The van der Waals surface area contributed by atoms with Gasteiger partial charge in [0.15, 0.2) is 0 Å². The lowest BCUT2D eigenvalue weighted by molar-refractivity contribution is -0.137. The number of amides is 1. The van der Waals surface area contributed by atoms with Gasteiger partial charge in [-0.05, 0) is 36.4 Å². The van der Waals surface area contributed by atoms with E-state index < -0.39 is 17.6 Å². The Labute approximate surface area is 148 Å². The van der Waals surface area contributed by atoms with Crippen LogP contribution in [-0.2, 0) is 6.18 Å². The highest BCUT2D eigenvalue weighted by Crippen LogP contribution is 2.33. The number of anilines is 1. The van der Waals surface area contributed by atoms with Crippen molar-refractivity contribution in [1.29, 1.82) is 0 Å². The Hall–Kier alpha value is -2.68. The minimum atomic E-state index is -4.53. The van der Waals surface area contributed by atoms with E-state index in [0.717, 1.165) is 12.1 Å². The second-order valence-corrected chi connectivity index (χ2v) is 5.95. The summed E-state index contributed by atoms with van der Waals surface area (Å²) in [6.45, 7) is 0. The first-order valence-electron chi connectivity index (χ1n) is 6.98. The minimum absolute atomic E-state index is 0.0229. The Bertz CT molecular complexity index is 910. The van der Waals surface area contributed by atoms with Crippen molar-refractivity contribution in [3.63, 3.8) is 0 Å². The van der Waals surface area contributed by atoms with Gasteiger partial charge < -0.3 is 5.32 Å². The highest BCUT2D eigenvalue weighted by atomic mass is 79.9. The van der Waals surface area contributed by atoms with Crippen molar-refractivity contribution >= 4 is 27.5 Å². The van der Waals surface area contributed by atoms with E-state index in [0.29, 0.717) is 10.0 Å². The summed E-state index contributed by atoms with van der Waals surface area (Å²) in [7, 11) is 0. The van der Waals surface area contributed by atoms with Gasteiger partial charge in [-0.15, -0.1) is 0 Å². The fourth-order valence-corrected chi connectivity index (χ4v) is 2.57. The summed E-state index contributed by atoms with van der Waals surface area (Å²) >= 11 is 3.25. The molecular formula is C16H10BrF3N4O. The summed E-state index contributed by atoms with van der Waals surface area (Å²) in [6, 6.07) is 9.54. The Kier molecular flexibility index (Phi) is 4.58. The van der Waals surface area contributed by atoms with Gasteiger partial charge >= 0.3 is 6.18 Å². The van der Waals surface area contributed by atoms with Crippen LogP contribution in [-0.4, -0.2) is 20.7 Å². The third-order valence-corrected chi connectivity index (χ3v) is 3.82. The molecule has 2 aromatic carbocycles. The zero-order valence-electron chi connectivity index (χ0n) is 12.5. The smallest absolute Gasteiger partial charge is 0.320 e. The topological polar surface area (TPSA) is 59.8 Å². The van der Waals surface area contributed by atoms with Gasteiger partial charge in [-0.25, -0.2) is 9.67 Å². The quantitative estimate of drug-likeness (QED) is 0.699. The summed E-state index contributed by atoms with van der Waals surface area (Å²) in [5.74, 6) is -0.540. The number of hydrogen-bond donors (Lipinski definition) is 1. The molecule has 1 N–H and O–H groups in total. The monoisotopic (exact) mass is 410 g/mol. The molecular weight excluding hydrogens is 401 g/mol. The molecule has 0 radical (unpaired) electrons. The van der Waals surface area contributed by atoms with E-state index in [2.05, 4.69) is 31.3 Å². The molecule has 0 fully saturated rings.